The van der Waals surface area contributed by atoms with Gasteiger partial charge < -0.3 is 14.2 Å². The minimum absolute atomic E-state index is 0.0621. The van der Waals surface area contributed by atoms with E-state index in [0.29, 0.717) is 0 Å². The molecule has 1 amide bonds. The second kappa shape index (κ2) is 5.78. The summed E-state index contributed by atoms with van der Waals surface area (Å²) >= 11 is 6.37. The van der Waals surface area contributed by atoms with Gasteiger partial charge in [0.05, 0.1) is 0 Å². The van der Waals surface area contributed by atoms with Gasteiger partial charge in [0.2, 0.25) is 5.91 Å². The van der Waals surface area contributed by atoms with Gasteiger partial charge in [-0.2, -0.15) is 0 Å². The van der Waals surface area contributed by atoms with Gasteiger partial charge in [0, 0.05) is 49.2 Å². The Hall–Kier alpha value is -1.78. The zero-order valence-electron chi connectivity index (χ0n) is 13.0. The second-order valence-electron chi connectivity index (χ2n) is 5.90. The SMILES string of the molecule is CN1CCc2c(Cl)ccc3oc(C=CC(=O)N(C)C)c(c23)C1. The molecule has 0 N–H and O–H groups in total. The van der Waals surface area contributed by atoms with Crippen LogP contribution >= 0.6 is 11.6 Å². The highest BCUT2D eigenvalue weighted by Crippen LogP contribution is 2.36. The zero-order valence-corrected chi connectivity index (χ0v) is 13.8. The van der Waals surface area contributed by atoms with Crippen molar-refractivity contribution in [1.82, 2.24) is 9.80 Å². The molecule has 1 aromatic carbocycles. The average Bonchev–Trinajstić information content (AvgIpc) is 2.70. The van der Waals surface area contributed by atoms with Crippen LogP contribution in [0.4, 0.5) is 0 Å². The Morgan fingerprint density at radius 3 is 2.86 bits per heavy atom. The molecule has 0 saturated carbocycles. The van der Waals surface area contributed by atoms with Crippen molar-refractivity contribution in [3.63, 3.8) is 0 Å². The number of amides is 1. The molecule has 0 bridgehead atoms. The van der Waals surface area contributed by atoms with Crippen LogP contribution < -0.4 is 0 Å². The van der Waals surface area contributed by atoms with E-state index in [1.165, 1.54) is 4.90 Å². The first-order valence-electron chi connectivity index (χ1n) is 7.28. The van der Waals surface area contributed by atoms with E-state index >= 15 is 0 Å². The van der Waals surface area contributed by atoms with Crippen LogP contribution in [0.3, 0.4) is 0 Å². The van der Waals surface area contributed by atoms with Gasteiger partial charge in [-0.15, -0.1) is 0 Å². The monoisotopic (exact) mass is 318 g/mol. The third-order valence-electron chi connectivity index (χ3n) is 4.03. The summed E-state index contributed by atoms with van der Waals surface area (Å²) in [6.07, 6.45) is 4.20. The fourth-order valence-corrected chi connectivity index (χ4v) is 3.06. The van der Waals surface area contributed by atoms with E-state index in [-0.39, 0.29) is 5.91 Å². The fourth-order valence-electron chi connectivity index (χ4n) is 2.80. The van der Waals surface area contributed by atoms with Crippen LogP contribution in [0, 0.1) is 0 Å². The predicted octanol–water partition coefficient (Wildman–Crippen LogP) is 3.18. The molecule has 0 saturated heterocycles. The zero-order chi connectivity index (χ0) is 15.9. The minimum Gasteiger partial charge on any atom is -0.456 e. The maximum absolute atomic E-state index is 11.8. The molecule has 1 aliphatic rings. The summed E-state index contributed by atoms with van der Waals surface area (Å²) in [7, 11) is 5.54. The molecule has 5 heteroatoms. The molecule has 0 spiro atoms. The lowest BCUT2D eigenvalue weighted by Crippen LogP contribution is -2.19. The van der Waals surface area contributed by atoms with Crippen molar-refractivity contribution in [3.05, 3.63) is 40.1 Å². The molecule has 0 radical (unpaired) electrons. The van der Waals surface area contributed by atoms with Crippen molar-refractivity contribution in [3.8, 4) is 0 Å². The Balaban J connectivity index is 2.14. The number of furan rings is 1. The smallest absolute Gasteiger partial charge is 0.246 e. The summed E-state index contributed by atoms with van der Waals surface area (Å²) < 4.78 is 5.96. The van der Waals surface area contributed by atoms with Crippen molar-refractivity contribution in [2.24, 2.45) is 0 Å². The quantitative estimate of drug-likeness (QED) is 0.798. The Morgan fingerprint density at radius 2 is 2.14 bits per heavy atom. The van der Waals surface area contributed by atoms with Gasteiger partial charge in [-0.25, -0.2) is 0 Å². The number of nitrogens with zero attached hydrogens (tertiary/aromatic N) is 2. The number of carbonyl (C=O) groups excluding carboxylic acids is 1. The number of carbonyl (C=O) groups is 1. The van der Waals surface area contributed by atoms with Crippen LogP contribution in [-0.4, -0.2) is 43.4 Å². The van der Waals surface area contributed by atoms with E-state index in [2.05, 4.69) is 11.9 Å². The molecule has 0 fully saturated rings. The number of rotatable bonds is 2. The normalized spacial score (nSPS) is 15.5. The average molecular weight is 319 g/mol. The van der Waals surface area contributed by atoms with Crippen molar-refractivity contribution in [1.29, 1.82) is 0 Å². The van der Waals surface area contributed by atoms with Crippen LogP contribution in [-0.2, 0) is 17.8 Å². The summed E-state index contributed by atoms with van der Waals surface area (Å²) in [5.41, 5.74) is 3.08. The van der Waals surface area contributed by atoms with E-state index in [9.17, 15) is 4.79 Å². The number of likely N-dealkylation sites (N-methyl/N-ethyl adjacent to an activating group) is 2. The summed E-state index contributed by atoms with van der Waals surface area (Å²) in [5, 5.41) is 1.89. The standard InChI is InChI=1S/C17H19ClN2O2/c1-19(2)16(21)7-6-14-12-10-20(3)9-8-11-13(18)4-5-15(22-14)17(11)12/h4-7H,8-10H2,1-3H3. The van der Waals surface area contributed by atoms with E-state index in [4.69, 9.17) is 16.0 Å². The molecular weight excluding hydrogens is 300 g/mol. The number of halogens is 1. The number of hydrogen-bond acceptors (Lipinski definition) is 3. The first-order chi connectivity index (χ1) is 10.5. The summed E-state index contributed by atoms with van der Waals surface area (Å²) in [5.74, 6) is 0.676. The first kappa shape index (κ1) is 15.1. The summed E-state index contributed by atoms with van der Waals surface area (Å²) in [6.45, 7) is 1.74. The molecule has 0 unspecified atom stereocenters. The Morgan fingerprint density at radius 1 is 1.36 bits per heavy atom. The molecular formula is C17H19ClN2O2. The third-order valence-corrected chi connectivity index (χ3v) is 4.38. The molecule has 2 heterocycles. The molecule has 3 rings (SSSR count). The van der Waals surface area contributed by atoms with Gasteiger partial charge in [0.1, 0.15) is 11.3 Å². The van der Waals surface area contributed by atoms with Gasteiger partial charge in [0.25, 0.3) is 0 Å². The van der Waals surface area contributed by atoms with Crippen LogP contribution in [0.15, 0.2) is 22.6 Å². The molecule has 4 nitrogen and oxygen atoms in total. The van der Waals surface area contributed by atoms with Gasteiger partial charge in [-0.05, 0) is 37.2 Å². The van der Waals surface area contributed by atoms with Crippen LogP contribution in [0.1, 0.15) is 16.9 Å². The minimum atomic E-state index is -0.0621. The van der Waals surface area contributed by atoms with E-state index in [0.717, 1.165) is 52.4 Å². The molecule has 0 atom stereocenters. The van der Waals surface area contributed by atoms with Crippen molar-refractivity contribution in [2.45, 2.75) is 13.0 Å². The van der Waals surface area contributed by atoms with Gasteiger partial charge in [-0.3, -0.25) is 4.79 Å². The molecule has 2 aromatic rings. The topological polar surface area (TPSA) is 36.7 Å². The maximum Gasteiger partial charge on any atom is 0.246 e. The highest BCUT2D eigenvalue weighted by Gasteiger charge is 2.22. The van der Waals surface area contributed by atoms with Crippen molar-refractivity contribution >= 4 is 34.6 Å². The van der Waals surface area contributed by atoms with E-state index in [1.54, 1.807) is 26.2 Å². The fraction of sp³-hybridized carbons (Fsp3) is 0.353. The molecule has 1 aliphatic heterocycles. The first-order valence-corrected chi connectivity index (χ1v) is 7.66. The number of benzene rings is 1. The van der Waals surface area contributed by atoms with Gasteiger partial charge in [0.15, 0.2) is 0 Å². The molecule has 22 heavy (non-hydrogen) atoms. The number of hydrogen-bond donors (Lipinski definition) is 0. The van der Waals surface area contributed by atoms with Crippen LogP contribution in [0.5, 0.6) is 0 Å². The third kappa shape index (κ3) is 2.64. The summed E-state index contributed by atoms with van der Waals surface area (Å²) in [6, 6.07) is 3.79. The lowest BCUT2D eigenvalue weighted by atomic mass is 10.0. The highest BCUT2D eigenvalue weighted by atomic mass is 35.5. The van der Waals surface area contributed by atoms with Crippen molar-refractivity contribution in [2.75, 3.05) is 27.7 Å². The Labute approximate surface area is 134 Å². The van der Waals surface area contributed by atoms with E-state index in [1.807, 2.05) is 12.1 Å². The van der Waals surface area contributed by atoms with Gasteiger partial charge >= 0.3 is 0 Å². The van der Waals surface area contributed by atoms with Crippen LogP contribution in [0.2, 0.25) is 5.02 Å². The second-order valence-corrected chi connectivity index (χ2v) is 6.30. The maximum atomic E-state index is 11.8. The Kier molecular flexibility index (Phi) is 3.98. The lowest BCUT2D eigenvalue weighted by molar-refractivity contribution is -0.123. The lowest BCUT2D eigenvalue weighted by Gasteiger charge is -2.13. The molecule has 0 aliphatic carbocycles. The predicted molar refractivity (Wildman–Crippen MR) is 89.0 cm³/mol. The van der Waals surface area contributed by atoms with Gasteiger partial charge in [-0.1, -0.05) is 11.6 Å². The van der Waals surface area contributed by atoms with Crippen LogP contribution in [0.25, 0.3) is 17.0 Å². The van der Waals surface area contributed by atoms with E-state index < -0.39 is 0 Å². The largest absolute Gasteiger partial charge is 0.456 e. The highest BCUT2D eigenvalue weighted by molar-refractivity contribution is 6.32. The summed E-state index contributed by atoms with van der Waals surface area (Å²) in [4.78, 5) is 15.5. The molecule has 116 valence electrons. The molecule has 1 aromatic heterocycles. The van der Waals surface area contributed by atoms with Crippen molar-refractivity contribution < 1.29 is 9.21 Å². The Bertz CT molecular complexity index is 762.